The van der Waals surface area contributed by atoms with Crippen LogP contribution in [0.1, 0.15) is 10.4 Å². The lowest BCUT2D eigenvalue weighted by atomic mass is 10.1. The van der Waals surface area contributed by atoms with Crippen LogP contribution in [0.25, 0.3) is 21.1 Å². The fourth-order valence-corrected chi connectivity index (χ4v) is 2.99. The first-order valence-electron chi connectivity index (χ1n) is 6.91. The predicted octanol–water partition coefficient (Wildman–Crippen LogP) is 3.00. The van der Waals surface area contributed by atoms with E-state index in [2.05, 4.69) is 25.8 Å². The number of aromatic nitrogens is 3. The predicted molar refractivity (Wildman–Crippen MR) is 90.2 cm³/mol. The SMILES string of the molecule is O=C(NNc1nc2cccnc2s1)c1ccc2ccncc2c1. The molecule has 0 saturated heterocycles. The summed E-state index contributed by atoms with van der Waals surface area (Å²) < 4.78 is 0. The van der Waals surface area contributed by atoms with Crippen molar-refractivity contribution < 1.29 is 4.79 Å². The lowest BCUT2D eigenvalue weighted by Gasteiger charge is -2.06. The van der Waals surface area contributed by atoms with Gasteiger partial charge in [0, 0.05) is 29.5 Å². The normalized spacial score (nSPS) is 10.8. The largest absolute Gasteiger partial charge is 0.273 e. The summed E-state index contributed by atoms with van der Waals surface area (Å²) in [6, 6.07) is 11.1. The summed E-state index contributed by atoms with van der Waals surface area (Å²) >= 11 is 1.38. The van der Waals surface area contributed by atoms with Crippen LogP contribution in [0.15, 0.2) is 55.0 Å². The first-order valence-corrected chi connectivity index (χ1v) is 7.73. The number of anilines is 1. The van der Waals surface area contributed by atoms with E-state index in [0.29, 0.717) is 10.7 Å². The molecule has 0 aliphatic carbocycles. The molecular weight excluding hydrogens is 310 g/mol. The topological polar surface area (TPSA) is 79.8 Å². The molecule has 7 heteroatoms. The van der Waals surface area contributed by atoms with Gasteiger partial charge >= 0.3 is 0 Å². The van der Waals surface area contributed by atoms with E-state index in [1.165, 1.54) is 11.3 Å². The molecule has 0 saturated carbocycles. The average Bonchev–Trinajstić information content (AvgIpc) is 3.02. The first kappa shape index (κ1) is 13.6. The molecule has 0 aliphatic heterocycles. The summed E-state index contributed by atoms with van der Waals surface area (Å²) in [7, 11) is 0. The van der Waals surface area contributed by atoms with Crippen molar-refractivity contribution in [1.82, 2.24) is 20.4 Å². The molecule has 6 nitrogen and oxygen atoms in total. The number of nitrogens with zero attached hydrogens (tertiary/aromatic N) is 3. The Morgan fingerprint density at radius 1 is 1.09 bits per heavy atom. The molecule has 1 aromatic carbocycles. The van der Waals surface area contributed by atoms with E-state index in [9.17, 15) is 4.79 Å². The second-order valence-electron chi connectivity index (χ2n) is 4.86. The second kappa shape index (κ2) is 5.62. The van der Waals surface area contributed by atoms with E-state index in [1.807, 2.05) is 24.3 Å². The highest BCUT2D eigenvalue weighted by Crippen LogP contribution is 2.22. The lowest BCUT2D eigenvalue weighted by molar-refractivity contribution is 0.0963. The second-order valence-corrected chi connectivity index (χ2v) is 5.84. The third kappa shape index (κ3) is 2.69. The maximum Gasteiger partial charge on any atom is 0.269 e. The van der Waals surface area contributed by atoms with Gasteiger partial charge in [-0.3, -0.25) is 20.6 Å². The van der Waals surface area contributed by atoms with E-state index >= 15 is 0 Å². The lowest BCUT2D eigenvalue weighted by Crippen LogP contribution is -2.29. The monoisotopic (exact) mass is 321 g/mol. The van der Waals surface area contributed by atoms with Crippen molar-refractivity contribution in [3.05, 3.63) is 60.6 Å². The summed E-state index contributed by atoms with van der Waals surface area (Å²) in [4.78, 5) is 25.7. The van der Waals surface area contributed by atoms with Crippen LogP contribution in [0.3, 0.4) is 0 Å². The highest BCUT2D eigenvalue weighted by molar-refractivity contribution is 7.21. The molecule has 23 heavy (non-hydrogen) atoms. The van der Waals surface area contributed by atoms with Gasteiger partial charge in [-0.05, 0) is 35.7 Å². The van der Waals surface area contributed by atoms with Crippen LogP contribution < -0.4 is 10.9 Å². The molecule has 3 aromatic heterocycles. The highest BCUT2D eigenvalue weighted by atomic mass is 32.1. The van der Waals surface area contributed by atoms with Crippen LogP contribution in [0.4, 0.5) is 5.13 Å². The van der Waals surface area contributed by atoms with E-state index in [0.717, 1.165) is 21.1 Å². The third-order valence-electron chi connectivity index (χ3n) is 3.35. The maximum absolute atomic E-state index is 12.2. The quantitative estimate of drug-likeness (QED) is 0.567. The number of hydrogen-bond acceptors (Lipinski definition) is 6. The molecule has 0 unspecified atom stereocenters. The zero-order valence-electron chi connectivity index (χ0n) is 11.9. The van der Waals surface area contributed by atoms with Crippen LogP contribution in [0.2, 0.25) is 0 Å². The molecule has 0 aliphatic rings. The van der Waals surface area contributed by atoms with Crippen LogP contribution in [-0.2, 0) is 0 Å². The Hall–Kier alpha value is -3.06. The number of thiazole rings is 1. The van der Waals surface area contributed by atoms with Gasteiger partial charge in [0.05, 0.1) is 0 Å². The minimum Gasteiger partial charge on any atom is -0.273 e. The standard InChI is InChI=1S/C16H11N5OS/c22-14(11-4-3-10-5-7-17-9-12(10)8-11)20-21-16-19-13-2-1-6-18-15(13)23-16/h1-9H,(H,19,21)(H,20,22). The summed E-state index contributed by atoms with van der Waals surface area (Å²) in [5.41, 5.74) is 6.83. The Morgan fingerprint density at radius 3 is 2.96 bits per heavy atom. The number of pyridine rings is 2. The van der Waals surface area contributed by atoms with Crippen molar-refractivity contribution >= 4 is 43.5 Å². The van der Waals surface area contributed by atoms with Gasteiger partial charge in [0.2, 0.25) is 5.13 Å². The molecule has 0 spiro atoms. The molecule has 1 amide bonds. The van der Waals surface area contributed by atoms with Crippen molar-refractivity contribution in [3.63, 3.8) is 0 Å². The summed E-state index contributed by atoms with van der Waals surface area (Å²) in [6.07, 6.45) is 5.18. The molecule has 2 N–H and O–H groups in total. The molecule has 4 rings (SSSR count). The van der Waals surface area contributed by atoms with Gasteiger partial charge in [-0.15, -0.1) is 0 Å². The number of benzene rings is 1. The highest BCUT2D eigenvalue weighted by Gasteiger charge is 2.08. The Bertz CT molecular complexity index is 980. The minimum atomic E-state index is -0.233. The fraction of sp³-hybridized carbons (Fsp3) is 0. The van der Waals surface area contributed by atoms with Crippen molar-refractivity contribution in [2.24, 2.45) is 0 Å². The van der Waals surface area contributed by atoms with Crippen molar-refractivity contribution in [3.8, 4) is 0 Å². The Balaban J connectivity index is 1.52. The summed E-state index contributed by atoms with van der Waals surface area (Å²) in [6.45, 7) is 0. The smallest absolute Gasteiger partial charge is 0.269 e. The third-order valence-corrected chi connectivity index (χ3v) is 4.25. The van der Waals surface area contributed by atoms with Gasteiger partial charge in [0.1, 0.15) is 10.3 Å². The van der Waals surface area contributed by atoms with Gasteiger partial charge in [-0.1, -0.05) is 17.4 Å². The molecule has 0 fully saturated rings. The Morgan fingerprint density at radius 2 is 2.04 bits per heavy atom. The number of nitrogens with one attached hydrogen (secondary N) is 2. The minimum absolute atomic E-state index is 0.233. The summed E-state index contributed by atoms with van der Waals surface area (Å²) in [5, 5.41) is 2.56. The summed E-state index contributed by atoms with van der Waals surface area (Å²) in [5.74, 6) is -0.233. The molecule has 112 valence electrons. The number of carbonyl (C=O) groups excluding carboxylic acids is 1. The van der Waals surface area contributed by atoms with Gasteiger partial charge in [0.25, 0.3) is 5.91 Å². The molecule has 0 bridgehead atoms. The average molecular weight is 321 g/mol. The van der Waals surface area contributed by atoms with Crippen LogP contribution in [-0.4, -0.2) is 20.9 Å². The molecular formula is C16H11N5OS. The molecule has 0 radical (unpaired) electrons. The van der Waals surface area contributed by atoms with Gasteiger partial charge in [-0.25, -0.2) is 9.97 Å². The van der Waals surface area contributed by atoms with Crippen LogP contribution in [0.5, 0.6) is 0 Å². The zero-order valence-corrected chi connectivity index (χ0v) is 12.7. The number of hydrazine groups is 1. The first-order chi connectivity index (χ1) is 11.3. The number of amides is 1. The number of rotatable bonds is 3. The molecule has 0 atom stereocenters. The van der Waals surface area contributed by atoms with E-state index in [1.54, 1.807) is 30.7 Å². The van der Waals surface area contributed by atoms with Gasteiger partial charge in [-0.2, -0.15) is 0 Å². The van der Waals surface area contributed by atoms with E-state index in [-0.39, 0.29) is 5.91 Å². The number of fused-ring (bicyclic) bond motifs is 2. The van der Waals surface area contributed by atoms with E-state index < -0.39 is 0 Å². The van der Waals surface area contributed by atoms with Crippen molar-refractivity contribution in [2.45, 2.75) is 0 Å². The Kier molecular flexibility index (Phi) is 3.32. The Labute approximate surface area is 135 Å². The van der Waals surface area contributed by atoms with Crippen molar-refractivity contribution in [1.29, 1.82) is 0 Å². The number of hydrogen-bond donors (Lipinski definition) is 2. The number of carbonyl (C=O) groups is 1. The van der Waals surface area contributed by atoms with E-state index in [4.69, 9.17) is 0 Å². The van der Waals surface area contributed by atoms with Crippen LogP contribution >= 0.6 is 11.3 Å². The van der Waals surface area contributed by atoms with Gasteiger partial charge < -0.3 is 0 Å². The van der Waals surface area contributed by atoms with Gasteiger partial charge in [0.15, 0.2) is 0 Å². The molecule has 3 heterocycles. The fourth-order valence-electron chi connectivity index (χ4n) is 2.23. The zero-order chi connectivity index (χ0) is 15.6. The molecule has 4 aromatic rings. The van der Waals surface area contributed by atoms with Crippen LogP contribution in [0, 0.1) is 0 Å². The maximum atomic E-state index is 12.2. The van der Waals surface area contributed by atoms with Crippen molar-refractivity contribution in [2.75, 3.05) is 5.43 Å².